The Morgan fingerprint density at radius 1 is 1.12 bits per heavy atom. The highest BCUT2D eigenvalue weighted by atomic mass is 16.1. The van der Waals surface area contributed by atoms with Crippen LogP contribution in [0.25, 0.3) is 22.7 Å². The van der Waals surface area contributed by atoms with Crippen molar-refractivity contribution in [3.63, 3.8) is 0 Å². The third-order valence-electron chi connectivity index (χ3n) is 5.35. The number of carbonyl (C=O) groups excluding carboxylic acids is 1. The normalized spacial score (nSPS) is 11.9. The fraction of sp³-hybridized carbons (Fsp3) is 0.125. The lowest BCUT2D eigenvalue weighted by molar-refractivity contribution is 0.100. The molecule has 0 fully saturated rings. The number of hydrogen-bond donors (Lipinski definition) is 4. The number of amides is 1. The van der Waals surface area contributed by atoms with E-state index in [1.165, 1.54) is 4.68 Å². The Hall–Kier alpha value is -4.53. The number of primary amides is 1. The molecule has 3 heterocycles. The number of nitrogen functional groups attached to an aromatic ring is 2. The third kappa shape index (κ3) is 4.03. The molecule has 9 heteroatoms. The van der Waals surface area contributed by atoms with Crippen molar-refractivity contribution >= 4 is 40.2 Å². The van der Waals surface area contributed by atoms with E-state index in [4.69, 9.17) is 17.2 Å². The summed E-state index contributed by atoms with van der Waals surface area (Å²) < 4.78 is 3.25. The van der Waals surface area contributed by atoms with Gasteiger partial charge in [0.15, 0.2) is 5.82 Å². The zero-order chi connectivity index (χ0) is 23.5. The number of anilines is 3. The van der Waals surface area contributed by atoms with Crippen molar-refractivity contribution in [2.24, 2.45) is 5.73 Å². The maximum Gasteiger partial charge on any atom is 0.265 e. The maximum absolute atomic E-state index is 12.8. The number of aromatic nitrogens is 3. The summed E-state index contributed by atoms with van der Waals surface area (Å²) in [5, 5.41) is 8.38. The van der Waals surface area contributed by atoms with Crippen molar-refractivity contribution in [1.82, 2.24) is 14.3 Å². The van der Waals surface area contributed by atoms with Crippen molar-refractivity contribution in [1.29, 1.82) is 0 Å². The number of nitrogens with one attached hydrogen (secondary N) is 1. The molecular weight excluding hydrogens is 418 g/mol. The van der Waals surface area contributed by atoms with Gasteiger partial charge in [-0.05, 0) is 42.1 Å². The predicted octanol–water partition coefficient (Wildman–Crippen LogP) is 2.60. The van der Waals surface area contributed by atoms with Crippen LogP contribution in [0.4, 0.5) is 17.3 Å². The lowest BCUT2D eigenvalue weighted by Crippen LogP contribution is -2.22. The molecule has 2 aromatic carbocycles. The van der Waals surface area contributed by atoms with E-state index in [2.05, 4.69) is 10.4 Å². The largest absolute Gasteiger partial charge is 0.398 e. The lowest BCUT2D eigenvalue weighted by atomic mass is 10.1. The summed E-state index contributed by atoms with van der Waals surface area (Å²) >= 11 is 0. The van der Waals surface area contributed by atoms with Crippen LogP contribution < -0.4 is 28.1 Å². The second-order valence-corrected chi connectivity index (χ2v) is 7.46. The number of hydrogen-bond acceptors (Lipinski definition) is 6. The quantitative estimate of drug-likeness (QED) is 0.358. The van der Waals surface area contributed by atoms with Gasteiger partial charge in [0.05, 0.1) is 5.39 Å². The summed E-state index contributed by atoms with van der Waals surface area (Å²) in [6.45, 7) is 2.69. The SMILES string of the molecule is CCc1cc2cccc(N)c2c(=O)n1-c1ccccc1.NC(=O)c1c(N)nn2c1NCC=C2. The van der Waals surface area contributed by atoms with E-state index in [0.717, 1.165) is 23.2 Å². The zero-order valence-electron chi connectivity index (χ0n) is 18.2. The van der Waals surface area contributed by atoms with Gasteiger partial charge in [-0.2, -0.15) is 0 Å². The molecule has 2 aromatic heterocycles. The summed E-state index contributed by atoms with van der Waals surface area (Å²) in [7, 11) is 0. The van der Waals surface area contributed by atoms with Gasteiger partial charge in [0.2, 0.25) is 0 Å². The molecule has 168 valence electrons. The summed E-state index contributed by atoms with van der Waals surface area (Å²) in [4.78, 5) is 23.8. The predicted molar refractivity (Wildman–Crippen MR) is 132 cm³/mol. The monoisotopic (exact) mass is 443 g/mol. The molecule has 0 aliphatic carbocycles. The Balaban J connectivity index is 0.000000172. The van der Waals surface area contributed by atoms with Crippen LogP contribution in [0.2, 0.25) is 0 Å². The topological polar surface area (TPSA) is 147 Å². The number of fused-ring (bicyclic) bond motifs is 2. The molecule has 0 saturated carbocycles. The van der Waals surface area contributed by atoms with E-state index < -0.39 is 5.91 Å². The molecule has 5 rings (SSSR count). The van der Waals surface area contributed by atoms with Gasteiger partial charge in [0.25, 0.3) is 11.5 Å². The number of nitrogens with zero attached hydrogens (tertiary/aromatic N) is 3. The van der Waals surface area contributed by atoms with Crippen LogP contribution in [-0.2, 0) is 6.42 Å². The first-order chi connectivity index (χ1) is 15.9. The Labute approximate surface area is 190 Å². The minimum absolute atomic E-state index is 0.0522. The maximum atomic E-state index is 12.8. The molecule has 4 aromatic rings. The van der Waals surface area contributed by atoms with Crippen LogP contribution in [-0.4, -0.2) is 26.8 Å². The van der Waals surface area contributed by atoms with Crippen LogP contribution in [0.5, 0.6) is 0 Å². The van der Waals surface area contributed by atoms with Crippen molar-refractivity contribution in [2.75, 3.05) is 23.3 Å². The average molecular weight is 444 g/mol. The van der Waals surface area contributed by atoms with E-state index >= 15 is 0 Å². The van der Waals surface area contributed by atoms with E-state index in [9.17, 15) is 9.59 Å². The number of benzene rings is 2. The first kappa shape index (κ1) is 21.7. The molecule has 0 atom stereocenters. The molecule has 1 amide bonds. The lowest BCUT2D eigenvalue weighted by Gasteiger charge is -2.14. The second kappa shape index (κ2) is 8.91. The molecular formula is C24H25N7O2. The Bertz CT molecular complexity index is 1420. The number of rotatable bonds is 3. The minimum atomic E-state index is -0.568. The molecule has 9 nitrogen and oxygen atoms in total. The van der Waals surface area contributed by atoms with Crippen molar-refractivity contribution < 1.29 is 4.79 Å². The second-order valence-electron chi connectivity index (χ2n) is 7.46. The fourth-order valence-electron chi connectivity index (χ4n) is 3.84. The Morgan fingerprint density at radius 2 is 1.88 bits per heavy atom. The molecule has 7 N–H and O–H groups in total. The number of nitrogens with two attached hydrogens (primary N) is 3. The highest BCUT2D eigenvalue weighted by molar-refractivity contribution is 6.02. The molecule has 33 heavy (non-hydrogen) atoms. The molecule has 0 spiro atoms. The number of aryl methyl sites for hydroxylation is 1. The molecule has 1 aliphatic heterocycles. The van der Waals surface area contributed by atoms with Crippen LogP contribution in [0.3, 0.4) is 0 Å². The Morgan fingerprint density at radius 3 is 2.58 bits per heavy atom. The highest BCUT2D eigenvalue weighted by Crippen LogP contribution is 2.23. The highest BCUT2D eigenvalue weighted by Gasteiger charge is 2.20. The number of carbonyl (C=O) groups is 1. The Kier molecular flexibility index (Phi) is 5.86. The van der Waals surface area contributed by atoms with Crippen LogP contribution in [0, 0.1) is 0 Å². The smallest absolute Gasteiger partial charge is 0.265 e. The van der Waals surface area contributed by atoms with Gasteiger partial charge in [0.1, 0.15) is 11.4 Å². The van der Waals surface area contributed by atoms with Gasteiger partial charge in [-0.1, -0.05) is 37.3 Å². The summed E-state index contributed by atoms with van der Waals surface area (Å²) in [5.41, 5.74) is 19.2. The van der Waals surface area contributed by atoms with Crippen molar-refractivity contribution in [3.8, 4) is 5.69 Å². The molecule has 0 saturated heterocycles. The summed E-state index contributed by atoms with van der Waals surface area (Å²) in [6, 6.07) is 17.3. The van der Waals surface area contributed by atoms with E-state index in [1.807, 2.05) is 61.5 Å². The van der Waals surface area contributed by atoms with Crippen molar-refractivity contribution in [3.05, 3.63) is 82.3 Å². The fourth-order valence-corrected chi connectivity index (χ4v) is 3.84. The van der Waals surface area contributed by atoms with Gasteiger partial charge < -0.3 is 22.5 Å². The van der Waals surface area contributed by atoms with Crippen LogP contribution >= 0.6 is 0 Å². The van der Waals surface area contributed by atoms with Gasteiger partial charge >= 0.3 is 0 Å². The van der Waals surface area contributed by atoms with Crippen LogP contribution in [0.1, 0.15) is 23.0 Å². The average Bonchev–Trinajstić information content (AvgIpc) is 3.15. The van der Waals surface area contributed by atoms with Gasteiger partial charge in [-0.25, -0.2) is 4.68 Å². The summed E-state index contributed by atoms with van der Waals surface area (Å²) in [6.07, 6.45) is 4.38. The van der Waals surface area contributed by atoms with E-state index in [1.54, 1.807) is 16.8 Å². The minimum Gasteiger partial charge on any atom is -0.398 e. The van der Waals surface area contributed by atoms with E-state index in [-0.39, 0.29) is 16.9 Å². The van der Waals surface area contributed by atoms with E-state index in [0.29, 0.717) is 23.4 Å². The van der Waals surface area contributed by atoms with Crippen LogP contribution in [0.15, 0.2) is 65.5 Å². The number of pyridine rings is 1. The standard InChI is InChI=1S/C17H16N2O.C7H9N5O/c1-2-13-11-12-7-6-10-15(18)16(12)17(20)19(13)14-8-4-3-5-9-14;8-5-4(6(9)13)7-10-2-1-3-12(7)11-5/h3-11H,2,18H2,1H3;1,3,10H,2H2,(H2,8,11)(H2,9,13). The first-order valence-corrected chi connectivity index (χ1v) is 10.5. The molecule has 0 radical (unpaired) electrons. The summed E-state index contributed by atoms with van der Waals surface area (Å²) in [5.74, 6) is 0.149. The van der Waals surface area contributed by atoms with Gasteiger partial charge in [-0.3, -0.25) is 14.2 Å². The third-order valence-corrected chi connectivity index (χ3v) is 5.35. The number of para-hydroxylation sites is 1. The first-order valence-electron chi connectivity index (χ1n) is 10.5. The molecule has 0 unspecified atom stereocenters. The zero-order valence-corrected chi connectivity index (χ0v) is 18.2. The van der Waals surface area contributed by atoms with Gasteiger partial charge in [0, 0.05) is 29.8 Å². The van der Waals surface area contributed by atoms with Gasteiger partial charge in [-0.15, -0.1) is 5.10 Å². The molecule has 1 aliphatic rings. The molecule has 0 bridgehead atoms. The van der Waals surface area contributed by atoms with Crippen molar-refractivity contribution in [2.45, 2.75) is 13.3 Å².